The molecule has 1 aliphatic heterocycles. The summed E-state index contributed by atoms with van der Waals surface area (Å²) in [7, 11) is 7.82. The van der Waals surface area contributed by atoms with Crippen LogP contribution in [-0.4, -0.2) is 84.5 Å². The zero-order chi connectivity index (χ0) is 19.8. The maximum atomic E-state index is 12.3. The number of likely N-dealkylation sites (N-methyl/N-ethyl adjacent to an activating group) is 1. The number of aromatic nitrogens is 1. The molecule has 1 unspecified atom stereocenters. The van der Waals surface area contributed by atoms with Crippen molar-refractivity contribution in [3.8, 4) is 0 Å². The predicted molar refractivity (Wildman–Crippen MR) is 126 cm³/mol. The summed E-state index contributed by atoms with van der Waals surface area (Å²) in [5.74, 6) is 1.16. The van der Waals surface area contributed by atoms with E-state index in [1.807, 2.05) is 14.1 Å². The number of aryl methyl sites for hydroxylation is 1. The van der Waals surface area contributed by atoms with Gasteiger partial charge in [-0.1, -0.05) is 0 Å². The Morgan fingerprint density at radius 2 is 2.11 bits per heavy atom. The molecule has 1 aromatic rings. The van der Waals surface area contributed by atoms with Gasteiger partial charge in [0.25, 0.3) is 0 Å². The molecule has 0 spiro atoms. The number of aliphatic imine (C=N–C) groups is 1. The van der Waals surface area contributed by atoms with Crippen LogP contribution in [0.2, 0.25) is 0 Å². The van der Waals surface area contributed by atoms with E-state index in [0.717, 1.165) is 57.9 Å². The maximum absolute atomic E-state index is 12.3. The molecule has 28 heavy (non-hydrogen) atoms. The summed E-state index contributed by atoms with van der Waals surface area (Å²) in [5, 5.41) is 3.38. The Balaban J connectivity index is 0.00000392. The van der Waals surface area contributed by atoms with Crippen molar-refractivity contribution in [2.75, 3.05) is 47.3 Å². The fourth-order valence-electron chi connectivity index (χ4n) is 3.58. The van der Waals surface area contributed by atoms with Crippen LogP contribution < -0.4 is 5.32 Å². The van der Waals surface area contributed by atoms with Crippen LogP contribution in [0.1, 0.15) is 31.9 Å². The molecule has 1 fully saturated rings. The van der Waals surface area contributed by atoms with Gasteiger partial charge in [-0.05, 0) is 44.9 Å². The molecule has 0 aliphatic carbocycles. The molecule has 1 aliphatic rings. The molecule has 2 heterocycles. The van der Waals surface area contributed by atoms with E-state index in [2.05, 4.69) is 59.0 Å². The molecule has 1 saturated heterocycles. The number of nitrogens with one attached hydrogen (secondary N) is 1. The molecule has 0 saturated carbocycles. The van der Waals surface area contributed by atoms with E-state index in [1.165, 1.54) is 5.69 Å². The van der Waals surface area contributed by atoms with Crippen molar-refractivity contribution in [3.05, 3.63) is 24.0 Å². The minimum Gasteiger partial charge on any atom is -0.357 e. The molecule has 160 valence electrons. The van der Waals surface area contributed by atoms with E-state index in [0.29, 0.717) is 0 Å². The van der Waals surface area contributed by atoms with Gasteiger partial charge in [0.1, 0.15) is 0 Å². The maximum Gasteiger partial charge on any atom is 0.239 e. The van der Waals surface area contributed by atoms with Crippen molar-refractivity contribution in [1.82, 2.24) is 24.6 Å². The summed E-state index contributed by atoms with van der Waals surface area (Å²) >= 11 is 0. The minimum absolute atomic E-state index is 0. The van der Waals surface area contributed by atoms with Gasteiger partial charge in [-0.2, -0.15) is 0 Å². The molecule has 1 atom stereocenters. The summed E-state index contributed by atoms with van der Waals surface area (Å²) in [5.41, 5.74) is 1.25. The highest BCUT2D eigenvalue weighted by Crippen LogP contribution is 2.18. The first-order valence-corrected chi connectivity index (χ1v) is 9.99. The molecular formula is C20H37IN6O. The van der Waals surface area contributed by atoms with Gasteiger partial charge in [-0.3, -0.25) is 14.7 Å². The standard InChI is InChI=1S/C20H36N6O.HI/c1-6-21-20(25(5)16-17-10-7-13-24(17)4)22-12-9-15-26-14-8-11-18(26)19(27)23(2)3;/h7,10,13,18H,6,8-9,11-12,14-16H2,1-5H3,(H,21,22);1H. The van der Waals surface area contributed by atoms with Gasteiger partial charge in [0.05, 0.1) is 12.6 Å². The summed E-state index contributed by atoms with van der Waals surface area (Å²) in [6, 6.07) is 4.25. The third kappa shape index (κ3) is 6.95. The first-order valence-electron chi connectivity index (χ1n) is 9.99. The molecular weight excluding hydrogens is 467 g/mol. The van der Waals surface area contributed by atoms with Crippen LogP contribution in [0.5, 0.6) is 0 Å². The number of halogens is 1. The number of hydrogen-bond acceptors (Lipinski definition) is 3. The third-order valence-electron chi connectivity index (χ3n) is 5.10. The molecule has 7 nitrogen and oxygen atoms in total. The van der Waals surface area contributed by atoms with Gasteiger partial charge in [-0.15, -0.1) is 24.0 Å². The molecule has 1 amide bonds. The van der Waals surface area contributed by atoms with Gasteiger partial charge >= 0.3 is 0 Å². The fraction of sp³-hybridized carbons (Fsp3) is 0.700. The lowest BCUT2D eigenvalue weighted by Crippen LogP contribution is -2.43. The number of amides is 1. The Kier molecular flexibility index (Phi) is 10.9. The SMILES string of the molecule is CCNC(=NCCCN1CCCC1C(=O)N(C)C)N(C)Cc1cccn1C.I. The Morgan fingerprint density at radius 1 is 1.36 bits per heavy atom. The molecule has 2 rings (SSSR count). The topological polar surface area (TPSA) is 56.1 Å². The van der Waals surface area contributed by atoms with E-state index < -0.39 is 0 Å². The second-order valence-electron chi connectivity index (χ2n) is 7.48. The van der Waals surface area contributed by atoms with Gasteiger partial charge in [-0.25, -0.2) is 0 Å². The van der Waals surface area contributed by atoms with E-state index >= 15 is 0 Å². The van der Waals surface area contributed by atoms with E-state index in [-0.39, 0.29) is 35.9 Å². The van der Waals surface area contributed by atoms with Crippen molar-refractivity contribution < 1.29 is 4.79 Å². The Morgan fingerprint density at radius 3 is 2.71 bits per heavy atom. The summed E-state index contributed by atoms with van der Waals surface area (Å²) in [6.45, 7) is 6.46. The number of carbonyl (C=O) groups excluding carboxylic acids is 1. The molecule has 1 N–H and O–H groups in total. The zero-order valence-electron chi connectivity index (χ0n) is 18.0. The van der Waals surface area contributed by atoms with E-state index in [4.69, 9.17) is 4.99 Å². The second-order valence-corrected chi connectivity index (χ2v) is 7.48. The van der Waals surface area contributed by atoms with Crippen LogP contribution in [0, 0.1) is 0 Å². The number of guanidine groups is 1. The third-order valence-corrected chi connectivity index (χ3v) is 5.10. The molecule has 1 aromatic heterocycles. The molecule has 0 aromatic carbocycles. The summed E-state index contributed by atoms with van der Waals surface area (Å²) in [6.07, 6.45) is 5.11. The van der Waals surface area contributed by atoms with Crippen LogP contribution in [0.15, 0.2) is 23.3 Å². The fourth-order valence-corrected chi connectivity index (χ4v) is 3.58. The molecule has 8 heteroatoms. The monoisotopic (exact) mass is 504 g/mol. The average Bonchev–Trinajstić information content (AvgIpc) is 3.26. The van der Waals surface area contributed by atoms with Crippen molar-refractivity contribution in [2.45, 2.75) is 38.8 Å². The minimum atomic E-state index is 0. The van der Waals surface area contributed by atoms with Crippen molar-refractivity contribution in [1.29, 1.82) is 0 Å². The average molecular weight is 504 g/mol. The molecule has 0 radical (unpaired) electrons. The predicted octanol–water partition coefficient (Wildman–Crippen LogP) is 1.98. The number of nitrogens with zero attached hydrogens (tertiary/aromatic N) is 5. The first kappa shape index (κ1) is 24.7. The lowest BCUT2D eigenvalue weighted by Gasteiger charge is -2.26. The summed E-state index contributed by atoms with van der Waals surface area (Å²) < 4.78 is 2.13. The highest BCUT2D eigenvalue weighted by atomic mass is 127. The van der Waals surface area contributed by atoms with Gasteiger partial charge in [0.2, 0.25) is 5.91 Å². The van der Waals surface area contributed by atoms with Crippen LogP contribution >= 0.6 is 24.0 Å². The Hall–Kier alpha value is -1.29. The van der Waals surface area contributed by atoms with Crippen LogP contribution in [0.3, 0.4) is 0 Å². The van der Waals surface area contributed by atoms with Crippen molar-refractivity contribution in [3.63, 3.8) is 0 Å². The van der Waals surface area contributed by atoms with E-state index in [1.54, 1.807) is 4.90 Å². The largest absolute Gasteiger partial charge is 0.357 e. The number of rotatable bonds is 8. The van der Waals surface area contributed by atoms with Gasteiger partial charge < -0.3 is 19.7 Å². The highest BCUT2D eigenvalue weighted by Gasteiger charge is 2.30. The first-order chi connectivity index (χ1) is 12.9. The van der Waals surface area contributed by atoms with Crippen LogP contribution in [-0.2, 0) is 18.4 Å². The smallest absolute Gasteiger partial charge is 0.239 e. The highest BCUT2D eigenvalue weighted by molar-refractivity contribution is 14.0. The van der Waals surface area contributed by atoms with Crippen molar-refractivity contribution >= 4 is 35.8 Å². The number of hydrogen-bond donors (Lipinski definition) is 1. The number of carbonyl (C=O) groups is 1. The van der Waals surface area contributed by atoms with Gasteiger partial charge in [0, 0.05) is 59.7 Å². The van der Waals surface area contributed by atoms with E-state index in [9.17, 15) is 4.79 Å². The zero-order valence-corrected chi connectivity index (χ0v) is 20.3. The number of likely N-dealkylation sites (tertiary alicyclic amines) is 1. The molecule has 0 bridgehead atoms. The lowest BCUT2D eigenvalue weighted by atomic mass is 10.2. The van der Waals surface area contributed by atoms with Gasteiger partial charge in [0.15, 0.2) is 5.96 Å². The lowest BCUT2D eigenvalue weighted by molar-refractivity contribution is -0.133. The summed E-state index contributed by atoms with van der Waals surface area (Å²) in [4.78, 5) is 23.3. The van der Waals surface area contributed by atoms with Crippen LogP contribution in [0.25, 0.3) is 0 Å². The Labute approximate surface area is 187 Å². The second kappa shape index (κ2) is 12.3. The van der Waals surface area contributed by atoms with Crippen LogP contribution in [0.4, 0.5) is 0 Å². The van der Waals surface area contributed by atoms with Crippen molar-refractivity contribution in [2.24, 2.45) is 12.0 Å². The Bertz CT molecular complexity index is 630. The normalized spacial score (nSPS) is 17.3. The quantitative estimate of drug-likeness (QED) is 0.255.